The second kappa shape index (κ2) is 6.00. The molecule has 0 N–H and O–H groups in total. The highest BCUT2D eigenvalue weighted by atomic mass is 35.5. The highest BCUT2D eigenvalue weighted by molar-refractivity contribution is 6.18. The van der Waals surface area contributed by atoms with Gasteiger partial charge in [0, 0.05) is 31.7 Å². The van der Waals surface area contributed by atoms with Crippen LogP contribution in [0.5, 0.6) is 0 Å². The number of anilines is 1. The first-order chi connectivity index (χ1) is 9.81. The van der Waals surface area contributed by atoms with Gasteiger partial charge in [0.1, 0.15) is 5.52 Å². The smallest absolute Gasteiger partial charge is 0.157 e. The van der Waals surface area contributed by atoms with Crippen molar-refractivity contribution in [3.63, 3.8) is 0 Å². The number of halogens is 1. The summed E-state index contributed by atoms with van der Waals surface area (Å²) in [7, 11) is 2.02. The van der Waals surface area contributed by atoms with Gasteiger partial charge in [0.2, 0.25) is 0 Å². The number of nitrogens with zero attached hydrogens (tertiary/aromatic N) is 4. The summed E-state index contributed by atoms with van der Waals surface area (Å²) < 4.78 is 2.04. The van der Waals surface area contributed by atoms with Crippen LogP contribution in [0, 0.1) is 0 Å². The van der Waals surface area contributed by atoms with Crippen molar-refractivity contribution in [1.29, 1.82) is 0 Å². The molecule has 3 rings (SSSR count). The van der Waals surface area contributed by atoms with Gasteiger partial charge >= 0.3 is 0 Å². The zero-order valence-electron chi connectivity index (χ0n) is 11.9. The summed E-state index contributed by atoms with van der Waals surface area (Å²) in [6.45, 7) is 0.842. The van der Waals surface area contributed by atoms with Gasteiger partial charge in [-0.15, -0.1) is 11.6 Å². The van der Waals surface area contributed by atoms with Gasteiger partial charge in [0.15, 0.2) is 5.82 Å². The quantitative estimate of drug-likeness (QED) is 0.811. The minimum Gasteiger partial charge on any atom is -0.351 e. The Bertz CT molecular complexity index is 574. The monoisotopic (exact) mass is 292 g/mol. The molecule has 1 aliphatic rings. The molecule has 1 fully saturated rings. The van der Waals surface area contributed by atoms with Crippen LogP contribution in [0.3, 0.4) is 0 Å². The first kappa shape index (κ1) is 13.7. The maximum Gasteiger partial charge on any atom is 0.157 e. The Hall–Kier alpha value is -1.29. The third-order valence-electron chi connectivity index (χ3n) is 4.24. The molecule has 20 heavy (non-hydrogen) atoms. The van der Waals surface area contributed by atoms with E-state index < -0.39 is 0 Å². The van der Waals surface area contributed by atoms with Crippen LogP contribution >= 0.6 is 11.6 Å². The van der Waals surface area contributed by atoms with Crippen LogP contribution in [0.25, 0.3) is 11.0 Å². The van der Waals surface area contributed by atoms with Gasteiger partial charge in [0.05, 0.1) is 11.8 Å². The van der Waals surface area contributed by atoms with E-state index in [1.54, 1.807) is 0 Å². The molecule has 0 spiro atoms. The lowest BCUT2D eigenvalue weighted by atomic mass is 9.94. The van der Waals surface area contributed by atoms with Crippen molar-refractivity contribution in [3.05, 3.63) is 18.6 Å². The average Bonchev–Trinajstić information content (AvgIpc) is 2.88. The first-order valence-corrected chi connectivity index (χ1v) is 7.93. The Balaban J connectivity index is 2.00. The van der Waals surface area contributed by atoms with E-state index in [4.69, 9.17) is 11.6 Å². The molecule has 2 aromatic heterocycles. The fraction of sp³-hybridized carbons (Fsp3) is 0.600. The van der Waals surface area contributed by atoms with Crippen molar-refractivity contribution in [2.75, 3.05) is 17.3 Å². The van der Waals surface area contributed by atoms with Crippen molar-refractivity contribution in [3.8, 4) is 0 Å². The highest BCUT2D eigenvalue weighted by Gasteiger charge is 2.24. The Morgan fingerprint density at radius 3 is 2.85 bits per heavy atom. The Morgan fingerprint density at radius 2 is 2.10 bits per heavy atom. The average molecular weight is 293 g/mol. The number of alkyl halides is 1. The summed E-state index contributed by atoms with van der Waals surface area (Å²) >= 11 is 6.03. The molecule has 0 atom stereocenters. The largest absolute Gasteiger partial charge is 0.351 e. The van der Waals surface area contributed by atoms with Crippen LogP contribution in [-0.4, -0.2) is 33.0 Å². The molecule has 0 unspecified atom stereocenters. The molecule has 108 valence electrons. The first-order valence-electron chi connectivity index (χ1n) is 7.40. The third-order valence-corrected chi connectivity index (χ3v) is 4.41. The molecule has 2 heterocycles. The summed E-state index contributed by atoms with van der Waals surface area (Å²) in [6.07, 6.45) is 10.2. The molecule has 2 aromatic rings. The molecule has 0 aliphatic heterocycles. The minimum absolute atomic E-state index is 0.558. The van der Waals surface area contributed by atoms with E-state index >= 15 is 0 Å². The normalized spacial score (nSPS) is 16.7. The van der Waals surface area contributed by atoms with Crippen LogP contribution in [0.4, 0.5) is 5.82 Å². The third kappa shape index (κ3) is 2.49. The van der Waals surface area contributed by atoms with E-state index in [0.29, 0.717) is 11.9 Å². The molecule has 5 heteroatoms. The van der Waals surface area contributed by atoms with E-state index in [2.05, 4.69) is 14.9 Å². The van der Waals surface area contributed by atoms with E-state index in [1.807, 2.05) is 30.2 Å². The molecular formula is C15H21ClN4. The summed E-state index contributed by atoms with van der Waals surface area (Å²) in [5, 5.41) is 0. The predicted octanol–water partition coefficient (Wildman–Crippen LogP) is 3.35. The second-order valence-electron chi connectivity index (χ2n) is 5.53. The topological polar surface area (TPSA) is 34.0 Å². The number of rotatable bonds is 4. The molecule has 0 saturated heterocycles. The lowest BCUT2D eigenvalue weighted by molar-refractivity contribution is 0.417. The fourth-order valence-corrected chi connectivity index (χ4v) is 3.39. The van der Waals surface area contributed by atoms with Crippen molar-refractivity contribution < 1.29 is 0 Å². The fourth-order valence-electron chi connectivity index (χ4n) is 3.20. The molecule has 0 amide bonds. The number of fused-ring (bicyclic) bond motifs is 1. The van der Waals surface area contributed by atoms with Crippen LogP contribution in [0.2, 0.25) is 0 Å². The van der Waals surface area contributed by atoms with Gasteiger partial charge in [-0.1, -0.05) is 19.3 Å². The van der Waals surface area contributed by atoms with Crippen molar-refractivity contribution >= 4 is 28.5 Å². The van der Waals surface area contributed by atoms with E-state index in [1.165, 1.54) is 32.1 Å². The van der Waals surface area contributed by atoms with Crippen LogP contribution in [0.1, 0.15) is 32.1 Å². The molecule has 0 aromatic carbocycles. The number of aromatic nitrogens is 3. The highest BCUT2D eigenvalue weighted by Crippen LogP contribution is 2.30. The maximum atomic E-state index is 6.03. The standard InChI is InChI=1S/C15H21ClN4/c1-19-11-18-14-13(19)7-9-17-15(14)20(10-8-16)12-5-3-2-4-6-12/h7,9,11-12H,2-6,8,10H2,1H3. The molecule has 0 radical (unpaired) electrons. The van der Waals surface area contributed by atoms with E-state index in [-0.39, 0.29) is 0 Å². The van der Waals surface area contributed by atoms with Crippen LogP contribution < -0.4 is 4.90 Å². The summed E-state index contributed by atoms with van der Waals surface area (Å²) in [5.74, 6) is 1.62. The lowest BCUT2D eigenvalue weighted by Crippen LogP contribution is -2.39. The van der Waals surface area contributed by atoms with Crippen molar-refractivity contribution in [1.82, 2.24) is 14.5 Å². The molecule has 4 nitrogen and oxygen atoms in total. The molecule has 1 saturated carbocycles. The summed E-state index contributed by atoms with van der Waals surface area (Å²) in [4.78, 5) is 11.5. The Labute approximate surface area is 124 Å². The van der Waals surface area contributed by atoms with Gasteiger partial charge < -0.3 is 9.47 Å². The number of hydrogen-bond acceptors (Lipinski definition) is 3. The second-order valence-corrected chi connectivity index (χ2v) is 5.91. The van der Waals surface area contributed by atoms with Gasteiger partial charge in [-0.05, 0) is 18.9 Å². The zero-order chi connectivity index (χ0) is 13.9. The number of imidazole rings is 1. The lowest BCUT2D eigenvalue weighted by Gasteiger charge is -2.35. The van der Waals surface area contributed by atoms with Crippen molar-refractivity contribution in [2.24, 2.45) is 7.05 Å². The SMILES string of the molecule is Cn1cnc2c(N(CCCl)C3CCCCC3)nccc21. The van der Waals surface area contributed by atoms with Gasteiger partial charge in [-0.3, -0.25) is 0 Å². The minimum atomic E-state index is 0.558. The Morgan fingerprint density at radius 1 is 1.30 bits per heavy atom. The number of pyridine rings is 1. The van der Waals surface area contributed by atoms with Gasteiger partial charge in [-0.25, -0.2) is 9.97 Å². The zero-order valence-corrected chi connectivity index (χ0v) is 12.7. The summed E-state index contributed by atoms with van der Waals surface area (Å²) in [5.41, 5.74) is 2.12. The van der Waals surface area contributed by atoms with Gasteiger partial charge in [-0.2, -0.15) is 0 Å². The van der Waals surface area contributed by atoms with Crippen molar-refractivity contribution in [2.45, 2.75) is 38.1 Å². The Kier molecular flexibility index (Phi) is 4.10. The van der Waals surface area contributed by atoms with Gasteiger partial charge in [0.25, 0.3) is 0 Å². The predicted molar refractivity (Wildman–Crippen MR) is 83.4 cm³/mol. The van der Waals surface area contributed by atoms with Crippen LogP contribution in [-0.2, 0) is 7.05 Å². The molecular weight excluding hydrogens is 272 g/mol. The number of hydrogen-bond donors (Lipinski definition) is 0. The maximum absolute atomic E-state index is 6.03. The van der Waals surface area contributed by atoms with Crippen LogP contribution in [0.15, 0.2) is 18.6 Å². The molecule has 1 aliphatic carbocycles. The number of aryl methyl sites for hydroxylation is 1. The van der Waals surface area contributed by atoms with E-state index in [0.717, 1.165) is 23.4 Å². The summed E-state index contributed by atoms with van der Waals surface area (Å²) in [6, 6.07) is 2.58. The van der Waals surface area contributed by atoms with E-state index in [9.17, 15) is 0 Å². The molecule has 0 bridgehead atoms.